The number of nitrogens with zero attached hydrogens (tertiary/aromatic N) is 4. The molecule has 0 radical (unpaired) electrons. The number of anilines is 1. The lowest BCUT2D eigenvalue weighted by Gasteiger charge is -2.12. The Morgan fingerprint density at radius 2 is 1.87 bits per heavy atom. The summed E-state index contributed by atoms with van der Waals surface area (Å²) in [5, 5.41) is 4.71. The van der Waals surface area contributed by atoms with E-state index >= 15 is 0 Å². The monoisotopic (exact) mass is 395 g/mol. The third-order valence-corrected chi connectivity index (χ3v) is 5.28. The lowest BCUT2D eigenvalue weighted by atomic mass is 10.0. The summed E-state index contributed by atoms with van der Waals surface area (Å²) >= 11 is 0. The maximum absolute atomic E-state index is 5.13. The second kappa shape index (κ2) is 7.48. The van der Waals surface area contributed by atoms with E-state index in [1.165, 1.54) is 10.9 Å². The Morgan fingerprint density at radius 1 is 0.967 bits per heavy atom. The Labute approximate surface area is 174 Å². The van der Waals surface area contributed by atoms with Crippen molar-refractivity contribution in [3.05, 3.63) is 78.9 Å². The zero-order chi connectivity index (χ0) is 20.5. The molecule has 148 valence electrons. The number of fused-ring (bicyclic) bond motifs is 2. The molecular weight excluding hydrogens is 374 g/mol. The highest BCUT2D eigenvalue weighted by Crippen LogP contribution is 2.32. The van der Waals surface area contributed by atoms with Gasteiger partial charge in [-0.15, -0.1) is 0 Å². The van der Waals surface area contributed by atoms with Crippen LogP contribution in [0, 0.1) is 0 Å². The summed E-state index contributed by atoms with van der Waals surface area (Å²) in [6, 6.07) is 16.7. The lowest BCUT2D eigenvalue weighted by molar-refractivity contribution is 0.397. The number of pyridine rings is 1. The third kappa shape index (κ3) is 3.33. The molecule has 0 spiro atoms. The molecule has 5 rings (SSSR count). The fraction of sp³-hybridized carbons (Fsp3) is 0.125. The van der Waals surface area contributed by atoms with Gasteiger partial charge in [0.1, 0.15) is 0 Å². The topological polar surface area (TPSA) is 64.9 Å². The van der Waals surface area contributed by atoms with Gasteiger partial charge in [-0.2, -0.15) is 0 Å². The van der Waals surface area contributed by atoms with E-state index in [1.807, 2.05) is 24.4 Å². The number of benzene rings is 2. The van der Waals surface area contributed by atoms with Crippen molar-refractivity contribution in [1.29, 1.82) is 0 Å². The third-order valence-electron chi connectivity index (χ3n) is 5.28. The number of aryl methyl sites for hydroxylation is 1. The van der Waals surface area contributed by atoms with Gasteiger partial charge in [0, 0.05) is 61.2 Å². The van der Waals surface area contributed by atoms with Crippen molar-refractivity contribution in [3.63, 3.8) is 0 Å². The van der Waals surface area contributed by atoms with Crippen LogP contribution in [-0.2, 0) is 13.6 Å². The van der Waals surface area contributed by atoms with Crippen LogP contribution in [-0.4, -0.2) is 26.6 Å². The number of methoxy groups -OCH3 is 1. The predicted molar refractivity (Wildman–Crippen MR) is 120 cm³/mol. The van der Waals surface area contributed by atoms with Crippen molar-refractivity contribution in [2.75, 3.05) is 12.4 Å². The molecule has 0 bridgehead atoms. The molecule has 3 aromatic heterocycles. The van der Waals surface area contributed by atoms with Crippen molar-refractivity contribution >= 4 is 27.6 Å². The van der Waals surface area contributed by atoms with Gasteiger partial charge in [0.05, 0.1) is 18.1 Å². The number of ether oxygens (including phenoxy) is 1. The van der Waals surface area contributed by atoms with Gasteiger partial charge in [0.2, 0.25) is 5.88 Å². The molecule has 0 saturated carbocycles. The Kier molecular flexibility index (Phi) is 4.52. The minimum Gasteiger partial charge on any atom is -0.481 e. The summed E-state index contributed by atoms with van der Waals surface area (Å²) < 4.78 is 7.26. The maximum atomic E-state index is 5.13. The molecule has 1 N–H and O–H groups in total. The van der Waals surface area contributed by atoms with Crippen LogP contribution in [0.2, 0.25) is 0 Å². The number of hydrogen-bond acceptors (Lipinski definition) is 5. The van der Waals surface area contributed by atoms with Crippen molar-refractivity contribution < 1.29 is 4.74 Å². The fourth-order valence-electron chi connectivity index (χ4n) is 3.67. The Morgan fingerprint density at radius 3 is 2.70 bits per heavy atom. The number of aromatic nitrogens is 4. The maximum Gasteiger partial charge on any atom is 0.212 e. The highest BCUT2D eigenvalue weighted by atomic mass is 16.5. The molecule has 6 nitrogen and oxygen atoms in total. The largest absolute Gasteiger partial charge is 0.481 e. The minimum atomic E-state index is 0.609. The molecule has 0 unspecified atom stereocenters. The molecule has 6 heteroatoms. The number of hydrogen-bond donors (Lipinski definition) is 1. The summed E-state index contributed by atoms with van der Waals surface area (Å²) in [5.74, 6) is 0.609. The molecule has 0 saturated heterocycles. The second-order valence-corrected chi connectivity index (χ2v) is 7.21. The van der Waals surface area contributed by atoms with E-state index in [0.717, 1.165) is 33.4 Å². The summed E-state index contributed by atoms with van der Waals surface area (Å²) in [6.45, 7) is 0.652. The quantitative estimate of drug-likeness (QED) is 0.463. The molecule has 2 aromatic carbocycles. The van der Waals surface area contributed by atoms with Crippen LogP contribution >= 0.6 is 0 Å². The first-order valence-electron chi connectivity index (χ1n) is 9.74. The van der Waals surface area contributed by atoms with Crippen molar-refractivity contribution in [1.82, 2.24) is 19.5 Å². The predicted octanol–water partition coefficient (Wildman–Crippen LogP) is 4.80. The van der Waals surface area contributed by atoms with Gasteiger partial charge in [-0.3, -0.25) is 9.97 Å². The molecule has 0 atom stereocenters. The van der Waals surface area contributed by atoms with Gasteiger partial charge in [0.15, 0.2) is 0 Å². The average molecular weight is 395 g/mol. The smallest absolute Gasteiger partial charge is 0.212 e. The van der Waals surface area contributed by atoms with Crippen molar-refractivity contribution in [3.8, 4) is 17.0 Å². The van der Waals surface area contributed by atoms with Gasteiger partial charge in [-0.25, -0.2) is 4.98 Å². The van der Waals surface area contributed by atoms with E-state index in [1.54, 1.807) is 19.5 Å². The molecule has 0 amide bonds. The van der Waals surface area contributed by atoms with E-state index in [9.17, 15) is 0 Å². The molecular formula is C24H21N5O. The van der Waals surface area contributed by atoms with Gasteiger partial charge in [-0.1, -0.05) is 18.2 Å². The molecule has 5 aromatic rings. The normalized spacial score (nSPS) is 11.1. The molecule has 0 fully saturated rings. The number of rotatable bonds is 5. The summed E-state index contributed by atoms with van der Waals surface area (Å²) in [4.78, 5) is 13.4. The molecule has 3 heterocycles. The van der Waals surface area contributed by atoms with E-state index in [0.29, 0.717) is 12.4 Å². The highest BCUT2D eigenvalue weighted by molar-refractivity contribution is 5.97. The van der Waals surface area contributed by atoms with Gasteiger partial charge >= 0.3 is 0 Å². The van der Waals surface area contributed by atoms with Crippen LogP contribution in [0.25, 0.3) is 33.1 Å². The Bertz CT molecular complexity index is 1340. The second-order valence-electron chi connectivity index (χ2n) is 7.21. The van der Waals surface area contributed by atoms with Gasteiger partial charge < -0.3 is 14.6 Å². The summed E-state index contributed by atoms with van der Waals surface area (Å²) in [5.41, 5.74) is 7.17. The zero-order valence-corrected chi connectivity index (χ0v) is 16.8. The fourth-order valence-corrected chi connectivity index (χ4v) is 3.67. The van der Waals surface area contributed by atoms with Crippen LogP contribution < -0.4 is 10.1 Å². The summed E-state index contributed by atoms with van der Waals surface area (Å²) in [6.07, 6.45) is 7.36. The molecule has 30 heavy (non-hydrogen) atoms. The first-order valence-corrected chi connectivity index (χ1v) is 9.74. The first-order chi connectivity index (χ1) is 14.7. The Hall–Kier alpha value is -3.93. The zero-order valence-electron chi connectivity index (χ0n) is 16.8. The van der Waals surface area contributed by atoms with Crippen molar-refractivity contribution in [2.45, 2.75) is 6.54 Å². The molecule has 0 aliphatic carbocycles. The average Bonchev–Trinajstić information content (AvgIpc) is 3.17. The minimum absolute atomic E-state index is 0.609. The van der Waals surface area contributed by atoms with Crippen LogP contribution in [0.15, 0.2) is 73.3 Å². The van der Waals surface area contributed by atoms with Crippen LogP contribution in [0.4, 0.5) is 5.69 Å². The SMILES string of the molecule is COc1ccc(CNc2cc(-c3ccc4ccn(C)c4c3)c3nccnc3c2)cn1. The standard InChI is InChI=1S/C24H21N5O/c1-29-10-7-17-4-5-18(11-22(17)29)20-12-19(13-21-24(20)26-9-8-25-21)27-14-16-3-6-23(30-2)28-15-16/h3-13,15,27H,14H2,1-2H3. The molecule has 0 aliphatic rings. The van der Waals surface area contributed by atoms with Gasteiger partial charge in [0.25, 0.3) is 0 Å². The van der Waals surface area contributed by atoms with E-state index in [4.69, 9.17) is 4.74 Å². The lowest BCUT2D eigenvalue weighted by Crippen LogP contribution is -2.01. The molecule has 0 aliphatic heterocycles. The Balaban J connectivity index is 1.54. The van der Waals surface area contributed by atoms with Gasteiger partial charge in [-0.05, 0) is 40.8 Å². The summed E-state index contributed by atoms with van der Waals surface area (Å²) in [7, 11) is 3.68. The van der Waals surface area contributed by atoms with E-state index in [2.05, 4.69) is 68.4 Å². The van der Waals surface area contributed by atoms with E-state index < -0.39 is 0 Å². The van der Waals surface area contributed by atoms with Crippen LogP contribution in [0.5, 0.6) is 5.88 Å². The van der Waals surface area contributed by atoms with Crippen LogP contribution in [0.3, 0.4) is 0 Å². The number of nitrogens with one attached hydrogen (secondary N) is 1. The van der Waals surface area contributed by atoms with Crippen molar-refractivity contribution in [2.24, 2.45) is 7.05 Å². The first kappa shape index (κ1) is 18.1. The highest BCUT2D eigenvalue weighted by Gasteiger charge is 2.10. The van der Waals surface area contributed by atoms with E-state index in [-0.39, 0.29) is 0 Å². The van der Waals surface area contributed by atoms with Crippen LogP contribution in [0.1, 0.15) is 5.56 Å².